The molecular formula is C14H21NO5S. The van der Waals surface area contributed by atoms with Crippen molar-refractivity contribution in [2.75, 3.05) is 26.4 Å². The Morgan fingerprint density at radius 2 is 2.29 bits per heavy atom. The highest BCUT2D eigenvalue weighted by atomic mass is 32.2. The van der Waals surface area contributed by atoms with Gasteiger partial charge in [-0.15, -0.1) is 0 Å². The van der Waals surface area contributed by atoms with E-state index in [1.165, 1.54) is 12.1 Å². The average molecular weight is 315 g/mol. The highest BCUT2D eigenvalue weighted by Gasteiger charge is 2.21. The number of aliphatic hydroxyl groups excluding tert-OH is 1. The molecule has 2 rings (SSSR count). The number of sulfonamides is 1. The molecule has 0 bridgehead atoms. The van der Waals surface area contributed by atoms with E-state index >= 15 is 0 Å². The second kappa shape index (κ2) is 7.22. The Hall–Kier alpha value is -1.15. The molecule has 0 aliphatic carbocycles. The summed E-state index contributed by atoms with van der Waals surface area (Å²) in [6.45, 7) is 3.66. The van der Waals surface area contributed by atoms with E-state index in [-0.39, 0.29) is 17.4 Å². The summed E-state index contributed by atoms with van der Waals surface area (Å²) in [5.74, 6) is 0.725. The Labute approximate surface area is 125 Å². The van der Waals surface area contributed by atoms with Crippen LogP contribution in [0.1, 0.15) is 18.9 Å². The minimum atomic E-state index is -3.58. The molecule has 1 aromatic rings. The van der Waals surface area contributed by atoms with Crippen LogP contribution >= 0.6 is 0 Å². The van der Waals surface area contributed by atoms with Crippen molar-refractivity contribution in [3.63, 3.8) is 0 Å². The van der Waals surface area contributed by atoms with Crippen LogP contribution in [0.2, 0.25) is 0 Å². The molecule has 0 saturated carbocycles. The van der Waals surface area contributed by atoms with Crippen molar-refractivity contribution >= 4 is 10.0 Å². The standard InChI is InChI=1S/C14H21NO5S/c1-2-20-14-4-3-13(7-12(14)9-16)21(17,18)15-8-11-5-6-19-10-11/h3-4,7,11,15-16H,2,5-6,8-10H2,1H3. The van der Waals surface area contributed by atoms with Gasteiger partial charge in [0.1, 0.15) is 5.75 Å². The van der Waals surface area contributed by atoms with Crippen molar-refractivity contribution < 1.29 is 23.0 Å². The summed E-state index contributed by atoms with van der Waals surface area (Å²) in [7, 11) is -3.58. The zero-order valence-electron chi connectivity index (χ0n) is 12.0. The van der Waals surface area contributed by atoms with Gasteiger partial charge < -0.3 is 14.6 Å². The van der Waals surface area contributed by atoms with Crippen molar-refractivity contribution in [3.8, 4) is 5.75 Å². The van der Waals surface area contributed by atoms with Gasteiger partial charge in [-0.1, -0.05) is 0 Å². The van der Waals surface area contributed by atoms with Crippen LogP contribution < -0.4 is 9.46 Å². The van der Waals surface area contributed by atoms with Crippen molar-refractivity contribution in [2.45, 2.75) is 24.8 Å². The van der Waals surface area contributed by atoms with E-state index in [9.17, 15) is 13.5 Å². The Kier molecular flexibility index (Phi) is 5.58. The van der Waals surface area contributed by atoms with Crippen LogP contribution in [0, 0.1) is 5.92 Å². The first-order valence-corrected chi connectivity index (χ1v) is 8.49. The smallest absolute Gasteiger partial charge is 0.240 e. The predicted octanol–water partition coefficient (Wildman–Crippen LogP) is 0.892. The third-order valence-electron chi connectivity index (χ3n) is 3.40. The fourth-order valence-electron chi connectivity index (χ4n) is 2.20. The van der Waals surface area contributed by atoms with Crippen molar-refractivity contribution in [1.82, 2.24) is 4.72 Å². The van der Waals surface area contributed by atoms with E-state index in [4.69, 9.17) is 9.47 Å². The summed E-state index contributed by atoms with van der Waals surface area (Å²) in [6.07, 6.45) is 0.869. The summed E-state index contributed by atoms with van der Waals surface area (Å²) in [6, 6.07) is 4.50. The van der Waals surface area contributed by atoms with Crippen LogP contribution in [0.4, 0.5) is 0 Å². The number of nitrogens with one attached hydrogen (secondary N) is 1. The van der Waals surface area contributed by atoms with Crippen molar-refractivity contribution in [3.05, 3.63) is 23.8 Å². The summed E-state index contributed by atoms with van der Waals surface area (Å²) in [4.78, 5) is 0.133. The highest BCUT2D eigenvalue weighted by molar-refractivity contribution is 7.89. The van der Waals surface area contributed by atoms with E-state index in [1.54, 1.807) is 6.07 Å². The van der Waals surface area contributed by atoms with E-state index in [2.05, 4.69) is 4.72 Å². The lowest BCUT2D eigenvalue weighted by atomic mass is 10.1. The van der Waals surface area contributed by atoms with Gasteiger partial charge in [-0.2, -0.15) is 0 Å². The molecule has 1 heterocycles. The van der Waals surface area contributed by atoms with Crippen LogP contribution in [-0.2, 0) is 21.4 Å². The lowest BCUT2D eigenvalue weighted by Crippen LogP contribution is -2.29. The van der Waals surface area contributed by atoms with Gasteiger partial charge in [0.2, 0.25) is 10.0 Å². The number of benzene rings is 1. The maximum Gasteiger partial charge on any atom is 0.240 e. The van der Waals surface area contributed by atoms with E-state index in [0.717, 1.165) is 6.42 Å². The zero-order valence-corrected chi connectivity index (χ0v) is 12.9. The second-order valence-electron chi connectivity index (χ2n) is 4.94. The Morgan fingerprint density at radius 1 is 1.48 bits per heavy atom. The molecule has 1 aromatic carbocycles. The van der Waals surface area contributed by atoms with Gasteiger partial charge in [-0.25, -0.2) is 13.1 Å². The van der Waals surface area contributed by atoms with Crippen molar-refractivity contribution in [2.24, 2.45) is 5.92 Å². The van der Waals surface area contributed by atoms with E-state index in [1.807, 2.05) is 6.92 Å². The summed E-state index contributed by atoms with van der Waals surface area (Å²) < 4.78 is 37.7. The van der Waals surface area contributed by atoms with Crippen LogP contribution in [-0.4, -0.2) is 39.9 Å². The quantitative estimate of drug-likeness (QED) is 0.780. The summed E-state index contributed by atoms with van der Waals surface area (Å²) >= 11 is 0. The molecule has 1 saturated heterocycles. The minimum absolute atomic E-state index is 0.133. The Morgan fingerprint density at radius 3 is 2.90 bits per heavy atom. The molecule has 0 amide bonds. The molecule has 1 fully saturated rings. The number of rotatable bonds is 7. The van der Waals surface area contributed by atoms with E-state index < -0.39 is 10.0 Å². The maximum atomic E-state index is 12.3. The van der Waals surface area contributed by atoms with Crippen LogP contribution in [0.15, 0.2) is 23.1 Å². The molecule has 118 valence electrons. The third-order valence-corrected chi connectivity index (χ3v) is 4.82. The molecule has 1 atom stereocenters. The lowest BCUT2D eigenvalue weighted by molar-refractivity contribution is 0.186. The fraction of sp³-hybridized carbons (Fsp3) is 0.571. The molecule has 6 nitrogen and oxygen atoms in total. The van der Waals surface area contributed by atoms with Gasteiger partial charge in [0.15, 0.2) is 0 Å². The number of hydrogen-bond acceptors (Lipinski definition) is 5. The SMILES string of the molecule is CCOc1ccc(S(=O)(=O)NCC2CCOC2)cc1CO. The molecule has 21 heavy (non-hydrogen) atoms. The predicted molar refractivity (Wildman–Crippen MR) is 77.6 cm³/mol. The molecular weight excluding hydrogens is 294 g/mol. The number of ether oxygens (including phenoxy) is 2. The Balaban J connectivity index is 2.11. The molecule has 1 aliphatic heterocycles. The fourth-order valence-corrected chi connectivity index (χ4v) is 3.36. The molecule has 1 unspecified atom stereocenters. The normalized spacial score (nSPS) is 18.9. The third kappa shape index (κ3) is 4.16. The summed E-state index contributed by atoms with van der Waals surface area (Å²) in [5.41, 5.74) is 0.462. The van der Waals surface area contributed by atoms with Gasteiger partial charge in [0.05, 0.1) is 24.7 Å². The van der Waals surface area contributed by atoms with Gasteiger partial charge in [0, 0.05) is 18.7 Å². The molecule has 7 heteroatoms. The molecule has 2 N–H and O–H groups in total. The van der Waals surface area contributed by atoms with E-state index in [0.29, 0.717) is 37.7 Å². The minimum Gasteiger partial charge on any atom is -0.494 e. The van der Waals surface area contributed by atoms with Gasteiger partial charge >= 0.3 is 0 Å². The lowest BCUT2D eigenvalue weighted by Gasteiger charge is -2.13. The van der Waals surface area contributed by atoms with Gasteiger partial charge in [-0.3, -0.25) is 0 Å². The Bertz CT molecular complexity index is 567. The molecule has 0 spiro atoms. The average Bonchev–Trinajstić information content (AvgIpc) is 2.99. The van der Waals surface area contributed by atoms with Crippen LogP contribution in [0.3, 0.4) is 0 Å². The number of hydrogen-bond donors (Lipinski definition) is 2. The molecule has 1 aliphatic rings. The topological polar surface area (TPSA) is 84.9 Å². The van der Waals surface area contributed by atoms with Crippen molar-refractivity contribution in [1.29, 1.82) is 0 Å². The first kappa shape index (κ1) is 16.2. The maximum absolute atomic E-state index is 12.3. The van der Waals surface area contributed by atoms with Gasteiger partial charge in [-0.05, 0) is 37.5 Å². The summed E-state index contributed by atoms with van der Waals surface area (Å²) in [5, 5.41) is 9.33. The van der Waals surface area contributed by atoms with Crippen LogP contribution in [0.25, 0.3) is 0 Å². The second-order valence-corrected chi connectivity index (χ2v) is 6.71. The monoisotopic (exact) mass is 315 g/mol. The van der Waals surface area contributed by atoms with Crippen LogP contribution in [0.5, 0.6) is 5.75 Å². The number of aliphatic hydroxyl groups is 1. The van der Waals surface area contributed by atoms with Gasteiger partial charge in [0.25, 0.3) is 0 Å². The largest absolute Gasteiger partial charge is 0.494 e. The molecule has 0 radical (unpaired) electrons. The first-order chi connectivity index (χ1) is 10.1. The zero-order chi connectivity index (χ0) is 15.3. The first-order valence-electron chi connectivity index (χ1n) is 7.00. The highest BCUT2D eigenvalue weighted by Crippen LogP contribution is 2.23. The molecule has 0 aromatic heterocycles.